The van der Waals surface area contributed by atoms with Gasteiger partial charge in [0.2, 0.25) is 0 Å². The molecule has 0 spiro atoms. The monoisotopic (exact) mass is 456 g/mol. The second-order valence-corrected chi connectivity index (χ2v) is 9.02. The zero-order valence-electron chi connectivity index (χ0n) is 19.1. The Kier molecular flexibility index (Phi) is 7.14. The average molecular weight is 457 g/mol. The fourth-order valence-corrected chi connectivity index (χ4v) is 3.71. The zero-order valence-corrected chi connectivity index (χ0v) is 19.8. The van der Waals surface area contributed by atoms with E-state index in [0.717, 1.165) is 11.1 Å². The van der Waals surface area contributed by atoms with Crippen molar-refractivity contribution in [3.05, 3.63) is 76.0 Å². The highest BCUT2D eigenvalue weighted by Gasteiger charge is 2.37. The molecule has 170 valence electrons. The molecule has 0 radical (unpaired) electrons. The van der Waals surface area contributed by atoms with E-state index in [-0.39, 0.29) is 24.7 Å². The van der Waals surface area contributed by atoms with Crippen molar-refractivity contribution in [2.24, 2.45) is 0 Å². The number of para-hydroxylation sites is 1. The summed E-state index contributed by atoms with van der Waals surface area (Å²) in [6.07, 6.45) is 0. The lowest BCUT2D eigenvalue weighted by Crippen LogP contribution is -2.48. The average Bonchev–Trinajstić information content (AvgIpc) is 2.75. The van der Waals surface area contributed by atoms with Crippen molar-refractivity contribution in [2.45, 2.75) is 39.2 Å². The zero-order chi connectivity index (χ0) is 23.5. The molecule has 0 fully saturated rings. The largest absolute Gasteiger partial charge is 0.486 e. The summed E-state index contributed by atoms with van der Waals surface area (Å²) in [7, 11) is 1.60. The maximum atomic E-state index is 13.0. The molecule has 0 saturated carbocycles. The lowest BCUT2D eigenvalue weighted by molar-refractivity contribution is -0.139. The first-order chi connectivity index (χ1) is 15.1. The normalized spacial score (nSPS) is 16.6. The lowest BCUT2D eigenvalue weighted by atomic mass is 9.85. The number of esters is 1. The molecule has 7 heteroatoms. The molecule has 6 nitrogen and oxygen atoms in total. The predicted molar refractivity (Wildman–Crippen MR) is 125 cm³/mol. The van der Waals surface area contributed by atoms with E-state index in [1.54, 1.807) is 38.2 Å². The van der Waals surface area contributed by atoms with Crippen molar-refractivity contribution in [3.8, 4) is 5.75 Å². The Labute approximate surface area is 194 Å². The number of hydrogen-bond acceptors (Lipinski definition) is 4. The van der Waals surface area contributed by atoms with E-state index in [0.29, 0.717) is 22.0 Å². The third-order valence-electron chi connectivity index (χ3n) is 5.38. The molecule has 2 amide bonds. The molecule has 0 aromatic heterocycles. The SMILES string of the molecule is CCOC(=O)C1=C(COc2ccccc2Cl)N(C)C(=O)NC1c1ccc(C(C)(C)C)cc1. The molecule has 0 saturated heterocycles. The standard InChI is InChI=1S/C25H29ClN2O4/c1-6-31-23(29)21-19(15-32-20-10-8-7-9-18(20)26)28(5)24(30)27-22(21)16-11-13-17(14-12-16)25(2,3)4/h7-14,22H,6,15H2,1-5H3,(H,27,30). The van der Waals surface area contributed by atoms with Gasteiger partial charge in [0.1, 0.15) is 12.4 Å². The van der Waals surface area contributed by atoms with Gasteiger partial charge in [0.05, 0.1) is 28.9 Å². The van der Waals surface area contributed by atoms with E-state index in [2.05, 4.69) is 26.1 Å². The second-order valence-electron chi connectivity index (χ2n) is 8.61. The van der Waals surface area contributed by atoms with Crippen LogP contribution in [0.4, 0.5) is 4.79 Å². The van der Waals surface area contributed by atoms with Crippen molar-refractivity contribution < 1.29 is 19.1 Å². The van der Waals surface area contributed by atoms with Gasteiger partial charge in [-0.3, -0.25) is 4.90 Å². The maximum absolute atomic E-state index is 13.0. The highest BCUT2D eigenvalue weighted by atomic mass is 35.5. The number of urea groups is 1. The molecule has 1 atom stereocenters. The molecular formula is C25H29ClN2O4. The summed E-state index contributed by atoms with van der Waals surface area (Å²) < 4.78 is 11.2. The number of halogens is 1. The maximum Gasteiger partial charge on any atom is 0.338 e. The van der Waals surface area contributed by atoms with Crippen LogP contribution in [0, 0.1) is 0 Å². The van der Waals surface area contributed by atoms with Crippen LogP contribution in [0.15, 0.2) is 59.8 Å². The van der Waals surface area contributed by atoms with Crippen molar-refractivity contribution in [1.82, 2.24) is 10.2 Å². The van der Waals surface area contributed by atoms with E-state index < -0.39 is 12.0 Å². The summed E-state index contributed by atoms with van der Waals surface area (Å²) in [5.41, 5.74) is 2.70. The fourth-order valence-electron chi connectivity index (χ4n) is 3.51. The molecule has 3 rings (SSSR count). The Balaban J connectivity index is 2.04. The first kappa shape index (κ1) is 23.7. The minimum absolute atomic E-state index is 0.0116. The first-order valence-corrected chi connectivity index (χ1v) is 10.9. The number of likely N-dealkylation sites (N-methyl/N-ethyl adjacent to an activating group) is 1. The Morgan fingerprint density at radius 3 is 2.38 bits per heavy atom. The molecule has 2 aromatic carbocycles. The van der Waals surface area contributed by atoms with Crippen molar-refractivity contribution in [3.63, 3.8) is 0 Å². The van der Waals surface area contributed by atoms with Crippen LogP contribution in [0.5, 0.6) is 5.75 Å². The van der Waals surface area contributed by atoms with Crippen LogP contribution in [0.25, 0.3) is 0 Å². The topological polar surface area (TPSA) is 67.9 Å². The van der Waals surface area contributed by atoms with E-state index in [1.807, 2.05) is 24.3 Å². The number of ether oxygens (including phenoxy) is 2. The molecule has 1 unspecified atom stereocenters. The van der Waals surface area contributed by atoms with Gasteiger partial charge < -0.3 is 14.8 Å². The van der Waals surface area contributed by atoms with Crippen molar-refractivity contribution in [2.75, 3.05) is 20.3 Å². The molecule has 1 aliphatic heterocycles. The quantitative estimate of drug-likeness (QED) is 0.604. The lowest BCUT2D eigenvalue weighted by Gasteiger charge is -2.34. The summed E-state index contributed by atoms with van der Waals surface area (Å²) in [6, 6.07) is 14.0. The Morgan fingerprint density at radius 1 is 1.12 bits per heavy atom. The Morgan fingerprint density at radius 2 is 1.78 bits per heavy atom. The molecule has 1 aliphatic rings. The molecule has 0 aliphatic carbocycles. The second kappa shape index (κ2) is 9.65. The predicted octanol–water partition coefficient (Wildman–Crippen LogP) is 5.23. The number of nitrogens with zero attached hydrogens (tertiary/aromatic N) is 1. The molecule has 32 heavy (non-hydrogen) atoms. The van der Waals surface area contributed by atoms with Gasteiger partial charge in [-0.05, 0) is 35.6 Å². The van der Waals surface area contributed by atoms with Crippen molar-refractivity contribution in [1.29, 1.82) is 0 Å². The van der Waals surface area contributed by atoms with Gasteiger partial charge in [0.15, 0.2) is 0 Å². The molecule has 1 N–H and O–H groups in total. The van der Waals surface area contributed by atoms with Crippen LogP contribution in [0.2, 0.25) is 5.02 Å². The van der Waals surface area contributed by atoms with E-state index in [9.17, 15) is 9.59 Å². The summed E-state index contributed by atoms with van der Waals surface area (Å²) >= 11 is 6.21. The molecule has 1 heterocycles. The highest BCUT2D eigenvalue weighted by molar-refractivity contribution is 6.32. The molecule has 2 aromatic rings. The number of nitrogens with one attached hydrogen (secondary N) is 1. The van der Waals surface area contributed by atoms with Gasteiger partial charge >= 0.3 is 12.0 Å². The number of amides is 2. The summed E-state index contributed by atoms with van der Waals surface area (Å²) in [4.78, 5) is 27.2. The molecule has 0 bridgehead atoms. The molecular weight excluding hydrogens is 428 g/mol. The van der Waals surface area contributed by atoms with Gasteiger partial charge in [-0.15, -0.1) is 0 Å². The number of carbonyl (C=O) groups excluding carboxylic acids is 2. The van der Waals surface area contributed by atoms with Crippen LogP contribution < -0.4 is 10.1 Å². The van der Waals surface area contributed by atoms with Crippen molar-refractivity contribution >= 4 is 23.6 Å². The summed E-state index contributed by atoms with van der Waals surface area (Å²) in [6.45, 7) is 8.34. The fraction of sp³-hybridized carbons (Fsp3) is 0.360. The summed E-state index contributed by atoms with van der Waals surface area (Å²) in [5.74, 6) is -0.0302. The van der Waals surface area contributed by atoms with Crippen LogP contribution in [0.1, 0.15) is 44.9 Å². The van der Waals surface area contributed by atoms with Crippen LogP contribution in [0.3, 0.4) is 0 Å². The Hall–Kier alpha value is -2.99. The first-order valence-electron chi connectivity index (χ1n) is 10.6. The third-order valence-corrected chi connectivity index (χ3v) is 5.70. The van der Waals surface area contributed by atoms with Gasteiger partial charge in [0.25, 0.3) is 0 Å². The number of carbonyl (C=O) groups is 2. The summed E-state index contributed by atoms with van der Waals surface area (Å²) in [5, 5.41) is 3.36. The van der Waals surface area contributed by atoms with E-state index in [4.69, 9.17) is 21.1 Å². The smallest absolute Gasteiger partial charge is 0.338 e. The highest BCUT2D eigenvalue weighted by Crippen LogP contribution is 2.33. The number of hydrogen-bond donors (Lipinski definition) is 1. The van der Waals surface area contributed by atoms with Crippen LogP contribution >= 0.6 is 11.6 Å². The van der Waals surface area contributed by atoms with E-state index >= 15 is 0 Å². The van der Waals surface area contributed by atoms with Gasteiger partial charge in [-0.2, -0.15) is 0 Å². The van der Waals surface area contributed by atoms with Gasteiger partial charge in [-0.25, -0.2) is 9.59 Å². The van der Waals surface area contributed by atoms with Crippen LogP contribution in [-0.4, -0.2) is 37.2 Å². The minimum atomic E-state index is -0.656. The van der Waals surface area contributed by atoms with Crippen LogP contribution in [-0.2, 0) is 14.9 Å². The van der Waals surface area contributed by atoms with Gasteiger partial charge in [-0.1, -0.05) is 68.8 Å². The number of rotatable bonds is 6. The minimum Gasteiger partial charge on any atom is -0.486 e. The Bertz CT molecular complexity index is 1020. The third kappa shape index (κ3) is 5.07. The van der Waals surface area contributed by atoms with E-state index in [1.165, 1.54) is 4.90 Å². The van der Waals surface area contributed by atoms with Gasteiger partial charge in [0, 0.05) is 7.05 Å². The number of benzene rings is 2.